The number of hydrazine groups is 1. The van der Waals surface area contributed by atoms with Crippen molar-refractivity contribution in [3.05, 3.63) is 65.7 Å². The summed E-state index contributed by atoms with van der Waals surface area (Å²) in [6, 6.07) is 16.6. The average molecular weight is 346 g/mol. The Labute approximate surface area is 151 Å². The summed E-state index contributed by atoms with van der Waals surface area (Å²) in [5, 5.41) is 12.2. The first-order chi connectivity index (χ1) is 12.7. The Morgan fingerprint density at radius 2 is 1.54 bits per heavy atom. The number of amides is 2. The molecular weight excluding hydrogens is 328 g/mol. The Morgan fingerprint density at radius 1 is 0.885 bits per heavy atom. The van der Waals surface area contributed by atoms with Gasteiger partial charge in [0.05, 0.1) is 22.9 Å². The van der Waals surface area contributed by atoms with Crippen LogP contribution >= 0.6 is 0 Å². The first-order valence-corrected chi connectivity index (χ1v) is 8.97. The van der Waals surface area contributed by atoms with Crippen molar-refractivity contribution in [3.8, 4) is 0 Å². The molecule has 1 saturated heterocycles. The molecule has 1 aliphatic carbocycles. The van der Waals surface area contributed by atoms with Gasteiger partial charge in [0.15, 0.2) is 5.66 Å². The molecule has 5 rings (SSSR count). The SMILES string of the molecule is O=C1c2ccccc2C(=O)N1N1C2CCCCC21N=Nc1ccccc1. The fraction of sp³-hybridized carbons (Fsp3) is 0.300. The smallest absolute Gasteiger partial charge is 0.267 e. The summed E-state index contributed by atoms with van der Waals surface area (Å²) in [7, 11) is 0. The number of nitrogens with zero attached hydrogens (tertiary/aromatic N) is 4. The normalized spacial score (nSPS) is 29.8. The van der Waals surface area contributed by atoms with Crippen LogP contribution in [-0.2, 0) is 0 Å². The molecule has 6 nitrogen and oxygen atoms in total. The molecule has 6 heteroatoms. The third-order valence-corrected chi connectivity index (χ3v) is 5.51. The molecule has 0 radical (unpaired) electrons. The number of hydrogen-bond donors (Lipinski definition) is 0. The maximum absolute atomic E-state index is 12.8. The van der Waals surface area contributed by atoms with Crippen molar-refractivity contribution in [2.45, 2.75) is 37.4 Å². The van der Waals surface area contributed by atoms with Gasteiger partial charge in [0, 0.05) is 0 Å². The number of carbonyl (C=O) groups is 2. The molecule has 2 heterocycles. The third-order valence-electron chi connectivity index (χ3n) is 5.51. The average Bonchev–Trinajstić information content (AvgIpc) is 3.28. The highest BCUT2D eigenvalue weighted by Gasteiger charge is 2.70. The summed E-state index contributed by atoms with van der Waals surface area (Å²) in [5.41, 5.74) is 1.15. The highest BCUT2D eigenvalue weighted by Crippen LogP contribution is 2.54. The van der Waals surface area contributed by atoms with Crippen molar-refractivity contribution in [2.24, 2.45) is 10.2 Å². The first-order valence-electron chi connectivity index (χ1n) is 8.97. The van der Waals surface area contributed by atoms with Gasteiger partial charge in [-0.05, 0) is 43.5 Å². The Bertz CT molecular complexity index is 891. The van der Waals surface area contributed by atoms with Crippen LogP contribution in [0.5, 0.6) is 0 Å². The maximum Gasteiger partial charge on any atom is 0.276 e. The van der Waals surface area contributed by atoms with Crippen LogP contribution in [-0.4, -0.2) is 33.5 Å². The zero-order valence-electron chi connectivity index (χ0n) is 14.2. The topological polar surface area (TPSA) is 65.1 Å². The number of fused-ring (bicyclic) bond motifs is 2. The molecule has 1 saturated carbocycles. The van der Waals surface area contributed by atoms with Gasteiger partial charge in [-0.3, -0.25) is 9.59 Å². The van der Waals surface area contributed by atoms with E-state index < -0.39 is 5.66 Å². The van der Waals surface area contributed by atoms with E-state index in [1.165, 1.54) is 5.01 Å². The van der Waals surface area contributed by atoms with Gasteiger partial charge in [-0.1, -0.05) is 36.8 Å². The maximum atomic E-state index is 12.8. The van der Waals surface area contributed by atoms with Crippen LogP contribution in [0, 0.1) is 0 Å². The summed E-state index contributed by atoms with van der Waals surface area (Å²) < 4.78 is 0. The van der Waals surface area contributed by atoms with Gasteiger partial charge in [0.1, 0.15) is 0 Å². The second kappa shape index (κ2) is 5.57. The quantitative estimate of drug-likeness (QED) is 0.480. The van der Waals surface area contributed by atoms with E-state index in [2.05, 4.69) is 10.2 Å². The number of hydrogen-bond acceptors (Lipinski definition) is 5. The minimum Gasteiger partial charge on any atom is -0.267 e. The molecule has 0 spiro atoms. The summed E-state index contributed by atoms with van der Waals surface area (Å²) in [6.45, 7) is 0. The van der Waals surface area contributed by atoms with Crippen molar-refractivity contribution in [2.75, 3.05) is 0 Å². The fourth-order valence-corrected chi connectivity index (χ4v) is 4.21. The van der Waals surface area contributed by atoms with E-state index in [-0.39, 0.29) is 17.9 Å². The molecule has 0 N–H and O–H groups in total. The van der Waals surface area contributed by atoms with E-state index in [0.29, 0.717) is 11.1 Å². The van der Waals surface area contributed by atoms with Crippen molar-refractivity contribution >= 4 is 17.5 Å². The van der Waals surface area contributed by atoms with Gasteiger partial charge in [-0.25, -0.2) is 0 Å². The lowest BCUT2D eigenvalue weighted by Gasteiger charge is -2.19. The highest BCUT2D eigenvalue weighted by molar-refractivity contribution is 6.21. The van der Waals surface area contributed by atoms with Crippen molar-refractivity contribution < 1.29 is 9.59 Å². The van der Waals surface area contributed by atoms with Gasteiger partial charge in [-0.2, -0.15) is 20.2 Å². The lowest BCUT2D eigenvalue weighted by atomic mass is 9.96. The Morgan fingerprint density at radius 3 is 2.23 bits per heavy atom. The number of rotatable bonds is 3. The molecule has 0 aromatic heterocycles. The van der Waals surface area contributed by atoms with Crippen molar-refractivity contribution in [1.29, 1.82) is 0 Å². The molecule has 2 aromatic carbocycles. The third kappa shape index (κ3) is 2.08. The van der Waals surface area contributed by atoms with Crippen LogP contribution in [0.3, 0.4) is 0 Å². The molecule has 0 bridgehead atoms. The minimum atomic E-state index is -0.568. The molecule has 26 heavy (non-hydrogen) atoms. The molecule has 3 unspecified atom stereocenters. The van der Waals surface area contributed by atoms with Crippen molar-refractivity contribution in [1.82, 2.24) is 10.0 Å². The second-order valence-electron chi connectivity index (χ2n) is 6.99. The number of carbonyl (C=O) groups excluding carboxylic acids is 2. The van der Waals surface area contributed by atoms with E-state index in [1.807, 2.05) is 35.3 Å². The lowest BCUT2D eigenvalue weighted by molar-refractivity contribution is 0.0290. The molecule has 2 aromatic rings. The second-order valence-corrected chi connectivity index (χ2v) is 6.99. The van der Waals surface area contributed by atoms with Crippen molar-refractivity contribution in [3.63, 3.8) is 0 Å². The Balaban J connectivity index is 1.49. The molecule has 2 fully saturated rings. The summed E-state index contributed by atoms with van der Waals surface area (Å²) in [6.07, 6.45) is 3.82. The van der Waals surface area contributed by atoms with Crippen LogP contribution in [0.25, 0.3) is 0 Å². The zero-order valence-corrected chi connectivity index (χ0v) is 14.2. The molecule has 3 atom stereocenters. The van der Waals surface area contributed by atoms with Gasteiger partial charge in [0.25, 0.3) is 11.8 Å². The predicted octanol–water partition coefficient (Wildman–Crippen LogP) is 3.94. The van der Waals surface area contributed by atoms with E-state index in [4.69, 9.17) is 0 Å². The number of imide groups is 1. The van der Waals surface area contributed by atoms with E-state index in [0.717, 1.165) is 31.4 Å². The molecular formula is C20H18N4O2. The van der Waals surface area contributed by atoms with Gasteiger partial charge in [-0.15, -0.1) is 0 Å². The van der Waals surface area contributed by atoms with E-state index in [1.54, 1.807) is 24.3 Å². The summed E-state index contributed by atoms with van der Waals surface area (Å²) in [5.74, 6) is -0.511. The Hall–Kier alpha value is -2.86. The highest BCUT2D eigenvalue weighted by atomic mass is 16.2. The van der Waals surface area contributed by atoms with E-state index in [9.17, 15) is 9.59 Å². The van der Waals surface area contributed by atoms with Gasteiger partial charge in [0.2, 0.25) is 0 Å². The molecule has 2 aliphatic heterocycles. The van der Waals surface area contributed by atoms with E-state index >= 15 is 0 Å². The number of azo groups is 1. The van der Waals surface area contributed by atoms with Crippen LogP contribution < -0.4 is 0 Å². The zero-order chi connectivity index (χ0) is 17.7. The molecule has 130 valence electrons. The van der Waals surface area contributed by atoms with Crippen LogP contribution in [0.2, 0.25) is 0 Å². The molecule has 3 aliphatic rings. The van der Waals surface area contributed by atoms with Crippen LogP contribution in [0.15, 0.2) is 64.8 Å². The summed E-state index contributed by atoms with van der Waals surface area (Å²) >= 11 is 0. The Kier molecular flexibility index (Phi) is 3.30. The van der Waals surface area contributed by atoms with Crippen LogP contribution in [0.4, 0.5) is 5.69 Å². The predicted molar refractivity (Wildman–Crippen MR) is 94.7 cm³/mol. The minimum absolute atomic E-state index is 0.0610. The fourth-order valence-electron chi connectivity index (χ4n) is 4.21. The van der Waals surface area contributed by atoms with Gasteiger partial charge < -0.3 is 0 Å². The standard InChI is InChI=1S/C20H18N4O2/c25-18-15-10-4-5-11-16(15)19(26)23(18)24-17-12-6-7-13-20(17,24)22-21-14-8-2-1-3-9-14/h1-5,8-11,17H,6-7,12-13H2. The monoisotopic (exact) mass is 346 g/mol. The summed E-state index contributed by atoms with van der Waals surface area (Å²) in [4.78, 5) is 25.7. The van der Waals surface area contributed by atoms with Crippen LogP contribution in [0.1, 0.15) is 46.4 Å². The lowest BCUT2D eigenvalue weighted by Crippen LogP contribution is -2.39. The largest absolute Gasteiger partial charge is 0.276 e. The van der Waals surface area contributed by atoms with Gasteiger partial charge >= 0.3 is 0 Å². The number of benzene rings is 2. The molecule has 2 amide bonds. The first kappa shape index (κ1) is 15.4.